The van der Waals surface area contributed by atoms with E-state index >= 15 is 0 Å². The van der Waals surface area contributed by atoms with Crippen LogP contribution in [0.5, 0.6) is 5.75 Å². The molecule has 2 aromatic rings. The van der Waals surface area contributed by atoms with E-state index < -0.39 is 0 Å². The van der Waals surface area contributed by atoms with Gasteiger partial charge in [-0.2, -0.15) is 0 Å². The lowest BCUT2D eigenvalue weighted by Gasteiger charge is -2.10. The summed E-state index contributed by atoms with van der Waals surface area (Å²) in [7, 11) is 1.62. The lowest BCUT2D eigenvalue weighted by Crippen LogP contribution is -2.05. The molecule has 0 unspecified atom stereocenters. The molecule has 0 saturated carbocycles. The Morgan fingerprint density at radius 2 is 1.74 bits per heavy atom. The number of ketones is 1. The Hall–Kier alpha value is -2.09. The average Bonchev–Trinajstić information content (AvgIpc) is 2.41. The first kappa shape index (κ1) is 13.3. The molecule has 0 heterocycles. The van der Waals surface area contributed by atoms with Gasteiger partial charge in [-0.3, -0.25) is 4.79 Å². The van der Waals surface area contributed by atoms with Crippen molar-refractivity contribution in [1.29, 1.82) is 0 Å². The number of benzene rings is 2. The fourth-order valence-electron chi connectivity index (χ4n) is 2.11. The van der Waals surface area contributed by atoms with Crippen LogP contribution in [0.1, 0.15) is 32.6 Å². The number of methoxy groups -OCH3 is 1. The number of rotatable bonds is 3. The van der Waals surface area contributed by atoms with Crippen LogP contribution in [-0.4, -0.2) is 12.9 Å². The van der Waals surface area contributed by atoms with Crippen LogP contribution in [-0.2, 0) is 0 Å². The van der Waals surface area contributed by atoms with Crippen LogP contribution in [0.3, 0.4) is 0 Å². The van der Waals surface area contributed by atoms with Crippen LogP contribution in [0.25, 0.3) is 0 Å². The number of ether oxygens (including phenoxy) is 1. The smallest absolute Gasteiger partial charge is 0.193 e. The Bertz CT molecular complexity index is 627. The van der Waals surface area contributed by atoms with Crippen LogP contribution in [0.4, 0.5) is 0 Å². The summed E-state index contributed by atoms with van der Waals surface area (Å²) in [6.45, 7) is 5.96. The van der Waals surface area contributed by atoms with Gasteiger partial charge in [0.15, 0.2) is 5.78 Å². The van der Waals surface area contributed by atoms with Crippen molar-refractivity contribution >= 4 is 5.78 Å². The molecule has 2 nitrogen and oxygen atoms in total. The summed E-state index contributed by atoms with van der Waals surface area (Å²) in [6, 6.07) is 11.4. The van der Waals surface area contributed by atoms with Gasteiger partial charge in [0.1, 0.15) is 5.75 Å². The summed E-state index contributed by atoms with van der Waals surface area (Å²) < 4.78 is 5.27. The standard InChI is InChI=1S/C17H18O2/c1-11-6-5-7-15(13(11)3)17(18)14-9-8-12(2)16(10-14)19-4/h5-10H,1-4H3. The predicted molar refractivity (Wildman–Crippen MR) is 77.1 cm³/mol. The minimum Gasteiger partial charge on any atom is -0.496 e. The summed E-state index contributed by atoms with van der Waals surface area (Å²) in [4.78, 5) is 12.5. The number of carbonyl (C=O) groups is 1. The summed E-state index contributed by atoms with van der Waals surface area (Å²) >= 11 is 0. The zero-order valence-electron chi connectivity index (χ0n) is 11.8. The summed E-state index contributed by atoms with van der Waals surface area (Å²) in [5.41, 5.74) is 4.61. The van der Waals surface area contributed by atoms with Crippen LogP contribution >= 0.6 is 0 Å². The minimum absolute atomic E-state index is 0.0412. The van der Waals surface area contributed by atoms with Crippen LogP contribution in [0, 0.1) is 20.8 Å². The molecule has 0 amide bonds. The second-order valence-corrected chi connectivity index (χ2v) is 4.76. The maximum Gasteiger partial charge on any atom is 0.193 e. The molecule has 0 spiro atoms. The Balaban J connectivity index is 2.47. The number of aryl methyl sites for hydroxylation is 2. The summed E-state index contributed by atoms with van der Waals surface area (Å²) in [5, 5.41) is 0. The van der Waals surface area contributed by atoms with Gasteiger partial charge in [0.2, 0.25) is 0 Å². The highest BCUT2D eigenvalue weighted by atomic mass is 16.5. The molecule has 0 saturated heterocycles. The van der Waals surface area contributed by atoms with Crippen molar-refractivity contribution in [2.45, 2.75) is 20.8 Å². The van der Waals surface area contributed by atoms with E-state index in [2.05, 4.69) is 0 Å². The van der Waals surface area contributed by atoms with Gasteiger partial charge in [-0.25, -0.2) is 0 Å². The lowest BCUT2D eigenvalue weighted by molar-refractivity contribution is 0.103. The monoisotopic (exact) mass is 254 g/mol. The third kappa shape index (κ3) is 2.53. The molecule has 0 aliphatic rings. The van der Waals surface area contributed by atoms with Gasteiger partial charge in [0.25, 0.3) is 0 Å². The molecule has 0 N–H and O–H groups in total. The van der Waals surface area contributed by atoms with Crippen LogP contribution in [0.15, 0.2) is 36.4 Å². The first-order chi connectivity index (χ1) is 9.04. The maximum absolute atomic E-state index is 12.5. The molecule has 2 heteroatoms. The molecule has 0 fully saturated rings. The highest BCUT2D eigenvalue weighted by molar-refractivity contribution is 6.10. The van der Waals surface area contributed by atoms with Crippen molar-refractivity contribution < 1.29 is 9.53 Å². The zero-order valence-corrected chi connectivity index (χ0v) is 11.8. The summed E-state index contributed by atoms with van der Waals surface area (Å²) in [6.07, 6.45) is 0. The van der Waals surface area contributed by atoms with Gasteiger partial charge in [-0.05, 0) is 43.5 Å². The first-order valence-corrected chi connectivity index (χ1v) is 6.30. The van der Waals surface area contributed by atoms with Crippen LogP contribution < -0.4 is 4.74 Å². The first-order valence-electron chi connectivity index (χ1n) is 6.30. The van der Waals surface area contributed by atoms with Crippen molar-refractivity contribution in [3.05, 3.63) is 64.2 Å². The molecule has 19 heavy (non-hydrogen) atoms. The third-order valence-corrected chi connectivity index (χ3v) is 3.52. The minimum atomic E-state index is 0.0412. The van der Waals surface area contributed by atoms with Crippen LogP contribution in [0.2, 0.25) is 0 Å². The fourth-order valence-corrected chi connectivity index (χ4v) is 2.11. The van der Waals surface area contributed by atoms with E-state index in [-0.39, 0.29) is 5.78 Å². The quantitative estimate of drug-likeness (QED) is 0.778. The largest absolute Gasteiger partial charge is 0.496 e. The van der Waals surface area contributed by atoms with E-state index in [1.165, 1.54) is 0 Å². The Labute approximate surface area is 114 Å². The van der Waals surface area contributed by atoms with E-state index in [1.807, 2.05) is 51.1 Å². The molecule has 0 aliphatic carbocycles. The van der Waals surface area contributed by atoms with Gasteiger partial charge < -0.3 is 4.74 Å². The second kappa shape index (κ2) is 5.27. The van der Waals surface area contributed by atoms with Crippen molar-refractivity contribution in [1.82, 2.24) is 0 Å². The van der Waals surface area contributed by atoms with Gasteiger partial charge in [0, 0.05) is 11.1 Å². The Morgan fingerprint density at radius 3 is 2.42 bits per heavy atom. The lowest BCUT2D eigenvalue weighted by atomic mass is 9.95. The van der Waals surface area contributed by atoms with E-state index in [1.54, 1.807) is 13.2 Å². The van der Waals surface area contributed by atoms with Gasteiger partial charge in [-0.1, -0.05) is 30.3 Å². The molecule has 2 aromatic carbocycles. The third-order valence-electron chi connectivity index (χ3n) is 3.52. The molecule has 2 rings (SSSR count). The van der Waals surface area contributed by atoms with E-state index in [9.17, 15) is 4.79 Å². The number of carbonyl (C=O) groups excluding carboxylic acids is 1. The van der Waals surface area contributed by atoms with Crippen molar-refractivity contribution in [3.8, 4) is 5.75 Å². The topological polar surface area (TPSA) is 26.3 Å². The summed E-state index contributed by atoms with van der Waals surface area (Å²) in [5.74, 6) is 0.788. The van der Waals surface area contributed by atoms with Gasteiger partial charge in [-0.15, -0.1) is 0 Å². The molecule has 0 aliphatic heterocycles. The van der Waals surface area contributed by atoms with Gasteiger partial charge in [0.05, 0.1) is 7.11 Å². The molecule has 0 radical (unpaired) electrons. The SMILES string of the molecule is COc1cc(C(=O)c2cccc(C)c2C)ccc1C. The van der Waals surface area contributed by atoms with E-state index in [4.69, 9.17) is 4.74 Å². The van der Waals surface area contributed by atoms with Crippen molar-refractivity contribution in [2.75, 3.05) is 7.11 Å². The predicted octanol–water partition coefficient (Wildman–Crippen LogP) is 3.85. The Kier molecular flexibility index (Phi) is 3.70. The number of hydrogen-bond donors (Lipinski definition) is 0. The highest BCUT2D eigenvalue weighted by Gasteiger charge is 2.14. The Morgan fingerprint density at radius 1 is 1.00 bits per heavy atom. The fraction of sp³-hybridized carbons (Fsp3) is 0.235. The van der Waals surface area contributed by atoms with Gasteiger partial charge >= 0.3 is 0 Å². The van der Waals surface area contributed by atoms with Crippen molar-refractivity contribution in [3.63, 3.8) is 0 Å². The molecule has 0 bridgehead atoms. The number of hydrogen-bond acceptors (Lipinski definition) is 2. The molecule has 98 valence electrons. The van der Waals surface area contributed by atoms with E-state index in [0.717, 1.165) is 28.0 Å². The average molecular weight is 254 g/mol. The highest BCUT2D eigenvalue weighted by Crippen LogP contribution is 2.23. The molecule has 0 aromatic heterocycles. The maximum atomic E-state index is 12.5. The van der Waals surface area contributed by atoms with E-state index in [0.29, 0.717) is 5.56 Å². The normalized spacial score (nSPS) is 10.3. The zero-order chi connectivity index (χ0) is 14.0. The molecular formula is C17H18O2. The molecular weight excluding hydrogens is 236 g/mol. The second-order valence-electron chi connectivity index (χ2n) is 4.76. The molecule has 0 atom stereocenters. The van der Waals surface area contributed by atoms with Crippen molar-refractivity contribution in [2.24, 2.45) is 0 Å².